The topological polar surface area (TPSA) is 81.2 Å². The highest BCUT2D eigenvalue weighted by Crippen LogP contribution is 2.34. The summed E-state index contributed by atoms with van der Waals surface area (Å²) >= 11 is 0. The van der Waals surface area contributed by atoms with Gasteiger partial charge in [0.25, 0.3) is 0 Å². The van der Waals surface area contributed by atoms with Crippen LogP contribution in [0.2, 0.25) is 0 Å². The molecule has 0 saturated heterocycles. The van der Waals surface area contributed by atoms with E-state index in [4.69, 9.17) is 5.73 Å². The Morgan fingerprint density at radius 1 is 1.47 bits per heavy atom. The molecule has 0 aromatic carbocycles. The van der Waals surface area contributed by atoms with Gasteiger partial charge in [0.1, 0.15) is 4.90 Å². The average Bonchev–Trinajstić information content (AvgIpc) is 3.09. The summed E-state index contributed by atoms with van der Waals surface area (Å²) < 4.78 is 28.7. The Morgan fingerprint density at radius 2 is 2.11 bits per heavy atom. The highest BCUT2D eigenvalue weighted by Gasteiger charge is 2.40. The summed E-state index contributed by atoms with van der Waals surface area (Å²) in [7, 11) is -1.82. The van der Waals surface area contributed by atoms with Crippen LogP contribution in [-0.4, -0.2) is 35.1 Å². The zero-order valence-electron chi connectivity index (χ0n) is 11.8. The molecule has 0 bridgehead atoms. The average molecular weight is 286 g/mol. The predicted octanol–water partition coefficient (Wildman–Crippen LogP) is 1.26. The maximum Gasteiger partial charge on any atom is 0.248 e. The SMILES string of the molecule is CCCCN(C1CC1)S(=O)(=O)c1c(N)nn(C)c1C. The molecule has 1 fully saturated rings. The quantitative estimate of drug-likeness (QED) is 0.853. The second kappa shape index (κ2) is 5.13. The monoisotopic (exact) mass is 286 g/mol. The predicted molar refractivity (Wildman–Crippen MR) is 74.2 cm³/mol. The van der Waals surface area contributed by atoms with Crippen LogP contribution in [-0.2, 0) is 17.1 Å². The molecule has 1 aromatic heterocycles. The summed E-state index contributed by atoms with van der Waals surface area (Å²) in [6.07, 6.45) is 3.74. The van der Waals surface area contributed by atoms with Gasteiger partial charge in [0.15, 0.2) is 5.82 Å². The third-order valence-electron chi connectivity index (χ3n) is 3.56. The number of rotatable bonds is 6. The van der Waals surface area contributed by atoms with E-state index in [0.29, 0.717) is 12.2 Å². The van der Waals surface area contributed by atoms with Crippen molar-refractivity contribution >= 4 is 15.8 Å². The van der Waals surface area contributed by atoms with Gasteiger partial charge in [-0.3, -0.25) is 4.68 Å². The van der Waals surface area contributed by atoms with Crippen molar-refractivity contribution in [3.05, 3.63) is 5.69 Å². The number of nitrogens with zero attached hydrogens (tertiary/aromatic N) is 3. The Balaban J connectivity index is 2.39. The molecular formula is C12H22N4O2S. The van der Waals surface area contributed by atoms with E-state index in [9.17, 15) is 8.42 Å². The fraction of sp³-hybridized carbons (Fsp3) is 0.750. The molecule has 0 unspecified atom stereocenters. The summed E-state index contributed by atoms with van der Waals surface area (Å²) in [6.45, 7) is 4.36. The largest absolute Gasteiger partial charge is 0.381 e. The number of hydrogen-bond acceptors (Lipinski definition) is 4. The summed E-state index contributed by atoms with van der Waals surface area (Å²) in [4.78, 5) is 0.179. The number of unbranched alkanes of at least 4 members (excludes halogenated alkanes) is 1. The zero-order valence-corrected chi connectivity index (χ0v) is 12.6. The van der Waals surface area contributed by atoms with Crippen LogP contribution in [0.4, 0.5) is 5.82 Å². The van der Waals surface area contributed by atoms with E-state index >= 15 is 0 Å². The second-order valence-corrected chi connectivity index (χ2v) is 6.95. The van der Waals surface area contributed by atoms with Crippen LogP contribution in [0.15, 0.2) is 4.90 Å². The Morgan fingerprint density at radius 3 is 2.53 bits per heavy atom. The molecule has 2 rings (SSSR count). The van der Waals surface area contributed by atoms with Gasteiger partial charge in [-0.1, -0.05) is 13.3 Å². The molecular weight excluding hydrogens is 264 g/mol. The van der Waals surface area contributed by atoms with Crippen LogP contribution in [0.1, 0.15) is 38.3 Å². The van der Waals surface area contributed by atoms with Gasteiger partial charge in [0.05, 0.1) is 5.69 Å². The standard InChI is InChI=1S/C12H22N4O2S/c1-4-5-8-16(10-6-7-10)19(17,18)11-9(2)15(3)14-12(11)13/h10H,4-8H2,1-3H3,(H2,13,14). The lowest BCUT2D eigenvalue weighted by atomic mass is 10.3. The van der Waals surface area contributed by atoms with Crippen molar-refractivity contribution in [3.8, 4) is 0 Å². The molecule has 0 spiro atoms. The molecule has 19 heavy (non-hydrogen) atoms. The molecule has 0 atom stereocenters. The molecule has 0 radical (unpaired) electrons. The van der Waals surface area contributed by atoms with E-state index in [-0.39, 0.29) is 16.8 Å². The molecule has 0 amide bonds. The highest BCUT2D eigenvalue weighted by molar-refractivity contribution is 7.89. The minimum absolute atomic E-state index is 0.0992. The van der Waals surface area contributed by atoms with Crippen molar-refractivity contribution in [2.75, 3.05) is 12.3 Å². The van der Waals surface area contributed by atoms with Gasteiger partial charge in [-0.25, -0.2) is 8.42 Å². The second-order valence-electron chi connectivity index (χ2n) is 5.12. The van der Waals surface area contributed by atoms with Crippen molar-refractivity contribution in [1.29, 1.82) is 0 Å². The number of sulfonamides is 1. The molecule has 0 aliphatic heterocycles. The summed E-state index contributed by atoms with van der Waals surface area (Å²) in [5.74, 6) is 0.0992. The highest BCUT2D eigenvalue weighted by atomic mass is 32.2. The fourth-order valence-electron chi connectivity index (χ4n) is 2.23. The van der Waals surface area contributed by atoms with Gasteiger partial charge in [-0.05, 0) is 26.2 Å². The van der Waals surface area contributed by atoms with Crippen LogP contribution in [0, 0.1) is 6.92 Å². The van der Waals surface area contributed by atoms with Crippen molar-refractivity contribution < 1.29 is 8.42 Å². The number of nitrogens with two attached hydrogens (primary N) is 1. The van der Waals surface area contributed by atoms with Crippen LogP contribution in [0.25, 0.3) is 0 Å². The van der Waals surface area contributed by atoms with Crippen molar-refractivity contribution in [2.45, 2.75) is 50.5 Å². The molecule has 108 valence electrons. The maximum absolute atomic E-state index is 12.8. The van der Waals surface area contributed by atoms with Gasteiger partial charge in [-0.15, -0.1) is 0 Å². The molecule has 1 aliphatic carbocycles. The summed E-state index contributed by atoms with van der Waals surface area (Å²) in [5, 5.41) is 4.01. The first-order valence-corrected chi connectivity index (χ1v) is 8.14. The molecule has 7 heteroatoms. The number of hydrogen-bond donors (Lipinski definition) is 1. The third kappa shape index (κ3) is 2.62. The van der Waals surface area contributed by atoms with E-state index in [1.165, 1.54) is 4.68 Å². The Labute approximate surface area is 114 Å². The van der Waals surface area contributed by atoms with E-state index < -0.39 is 10.0 Å². The summed E-state index contributed by atoms with van der Waals surface area (Å²) in [6, 6.07) is 0.149. The Hall–Kier alpha value is -1.08. The lowest BCUT2D eigenvalue weighted by Gasteiger charge is -2.21. The van der Waals surface area contributed by atoms with Gasteiger partial charge in [0.2, 0.25) is 10.0 Å². The molecule has 2 N–H and O–H groups in total. The van der Waals surface area contributed by atoms with Gasteiger partial charge in [0, 0.05) is 19.6 Å². The first-order valence-electron chi connectivity index (χ1n) is 6.70. The third-order valence-corrected chi connectivity index (χ3v) is 5.68. The van der Waals surface area contributed by atoms with Gasteiger partial charge >= 0.3 is 0 Å². The number of nitrogen functional groups attached to an aromatic ring is 1. The first kappa shape index (κ1) is 14.3. The van der Waals surface area contributed by atoms with Crippen LogP contribution >= 0.6 is 0 Å². The van der Waals surface area contributed by atoms with Crippen LogP contribution in [0.3, 0.4) is 0 Å². The molecule has 1 aromatic rings. The summed E-state index contributed by atoms with van der Waals surface area (Å²) in [5.41, 5.74) is 6.37. The molecule has 1 saturated carbocycles. The van der Waals surface area contributed by atoms with Gasteiger partial charge in [-0.2, -0.15) is 9.40 Å². The van der Waals surface area contributed by atoms with Crippen molar-refractivity contribution in [1.82, 2.24) is 14.1 Å². The number of anilines is 1. The zero-order chi connectivity index (χ0) is 14.2. The minimum atomic E-state index is -3.53. The van der Waals surface area contributed by atoms with Crippen LogP contribution in [0.5, 0.6) is 0 Å². The van der Waals surface area contributed by atoms with E-state index in [2.05, 4.69) is 12.0 Å². The van der Waals surface area contributed by atoms with Crippen LogP contribution < -0.4 is 5.73 Å². The Bertz CT molecular complexity index is 561. The number of aryl methyl sites for hydroxylation is 1. The maximum atomic E-state index is 12.8. The lowest BCUT2D eigenvalue weighted by molar-refractivity contribution is 0.395. The van der Waals surface area contributed by atoms with E-state index in [1.54, 1.807) is 18.3 Å². The molecule has 6 nitrogen and oxygen atoms in total. The van der Waals surface area contributed by atoms with E-state index in [0.717, 1.165) is 25.7 Å². The van der Waals surface area contributed by atoms with Gasteiger partial charge < -0.3 is 5.73 Å². The molecule has 1 aliphatic rings. The normalized spacial score (nSPS) is 16.2. The molecule has 1 heterocycles. The van der Waals surface area contributed by atoms with Crippen molar-refractivity contribution in [2.24, 2.45) is 7.05 Å². The number of aromatic nitrogens is 2. The van der Waals surface area contributed by atoms with E-state index in [1.807, 2.05) is 0 Å². The minimum Gasteiger partial charge on any atom is -0.381 e. The smallest absolute Gasteiger partial charge is 0.248 e. The first-order chi connectivity index (χ1) is 8.89. The fourth-order valence-corrected chi connectivity index (χ4v) is 4.24. The lowest BCUT2D eigenvalue weighted by Crippen LogP contribution is -2.34. The van der Waals surface area contributed by atoms with Crippen molar-refractivity contribution in [3.63, 3.8) is 0 Å². The Kier molecular flexibility index (Phi) is 3.87.